The minimum absolute atomic E-state index is 0.131. The molecule has 0 atom stereocenters. The van der Waals surface area contributed by atoms with Crippen molar-refractivity contribution in [2.24, 2.45) is 0 Å². The molecule has 3 amide bonds. The highest BCUT2D eigenvalue weighted by molar-refractivity contribution is 7.17. The summed E-state index contributed by atoms with van der Waals surface area (Å²) in [6.45, 7) is 3.75. The molecule has 214 valence electrons. The molecule has 0 aliphatic carbocycles. The van der Waals surface area contributed by atoms with E-state index in [-0.39, 0.29) is 17.7 Å². The van der Waals surface area contributed by atoms with Crippen molar-refractivity contribution in [3.63, 3.8) is 0 Å². The van der Waals surface area contributed by atoms with Crippen molar-refractivity contribution in [3.05, 3.63) is 83.2 Å². The van der Waals surface area contributed by atoms with E-state index in [1.807, 2.05) is 51.9 Å². The van der Waals surface area contributed by atoms with Crippen molar-refractivity contribution in [1.29, 1.82) is 0 Å². The van der Waals surface area contributed by atoms with E-state index in [0.29, 0.717) is 65.2 Å². The predicted octanol–water partition coefficient (Wildman–Crippen LogP) is 5.60. The largest absolute Gasteiger partial charge is 0.440 e. The third-order valence-corrected chi connectivity index (χ3v) is 8.44. The minimum Gasteiger partial charge on any atom is -0.440 e. The number of nitrogens with one attached hydrogen (secondary N) is 1. The van der Waals surface area contributed by atoms with Gasteiger partial charge in [0.05, 0.1) is 27.0 Å². The van der Waals surface area contributed by atoms with Gasteiger partial charge in [-0.15, -0.1) is 11.3 Å². The number of hydrogen-bond donors (Lipinski definition) is 1. The summed E-state index contributed by atoms with van der Waals surface area (Å²) in [6, 6.07) is 18.3. The second kappa shape index (κ2) is 11.6. The standard InChI is InChI=1S/C31H30N6O4S/c1-20-32-19-25(41-20)26-13-14-27(42-26)29(39)34-31-33-23-18-22(35(2)30(40)21-8-4-3-5-9-21)11-12-24(23)37(31)17-7-16-36-15-6-10-28(36)38/h3-5,8-9,11-14,18-19H,6-7,10,15-17H2,1-2H3,(H,33,34,39). The average molecular weight is 583 g/mol. The first-order chi connectivity index (χ1) is 20.4. The predicted molar refractivity (Wildman–Crippen MR) is 162 cm³/mol. The number of hydrogen-bond acceptors (Lipinski definition) is 7. The Morgan fingerprint density at radius 3 is 2.67 bits per heavy atom. The fourth-order valence-electron chi connectivity index (χ4n) is 5.13. The molecule has 11 heteroatoms. The van der Waals surface area contributed by atoms with E-state index >= 15 is 0 Å². The number of benzene rings is 2. The summed E-state index contributed by atoms with van der Waals surface area (Å²) in [6.07, 6.45) is 3.85. The minimum atomic E-state index is -0.287. The Bertz CT molecular complexity index is 1770. The first-order valence-electron chi connectivity index (χ1n) is 13.8. The average Bonchev–Trinajstić information content (AvgIpc) is 3.80. The molecular weight excluding hydrogens is 552 g/mol. The monoisotopic (exact) mass is 582 g/mol. The molecule has 0 spiro atoms. The molecule has 1 aliphatic rings. The number of nitrogens with zero attached hydrogens (tertiary/aromatic N) is 5. The van der Waals surface area contributed by atoms with E-state index in [9.17, 15) is 14.4 Å². The first kappa shape index (κ1) is 27.4. The third-order valence-electron chi connectivity index (χ3n) is 7.34. The number of amides is 3. The molecule has 6 rings (SSSR count). The number of carbonyl (C=O) groups is 3. The zero-order chi connectivity index (χ0) is 29.2. The van der Waals surface area contributed by atoms with Gasteiger partial charge in [-0.1, -0.05) is 18.2 Å². The molecule has 3 aromatic heterocycles. The highest BCUT2D eigenvalue weighted by atomic mass is 32.1. The summed E-state index contributed by atoms with van der Waals surface area (Å²) in [5.41, 5.74) is 2.75. The molecule has 5 aromatic rings. The van der Waals surface area contributed by atoms with Crippen molar-refractivity contribution in [3.8, 4) is 10.6 Å². The number of thiophene rings is 1. The van der Waals surface area contributed by atoms with E-state index in [1.54, 1.807) is 43.3 Å². The molecule has 1 N–H and O–H groups in total. The van der Waals surface area contributed by atoms with Crippen LogP contribution in [0.25, 0.3) is 21.7 Å². The molecule has 1 aliphatic heterocycles. The van der Waals surface area contributed by atoms with Crippen LogP contribution in [0.2, 0.25) is 0 Å². The van der Waals surface area contributed by atoms with E-state index in [2.05, 4.69) is 10.3 Å². The van der Waals surface area contributed by atoms with Gasteiger partial charge in [-0.25, -0.2) is 9.97 Å². The fraction of sp³-hybridized carbons (Fsp3) is 0.258. The summed E-state index contributed by atoms with van der Waals surface area (Å²) < 4.78 is 7.57. The lowest BCUT2D eigenvalue weighted by Gasteiger charge is -2.18. The second-order valence-corrected chi connectivity index (χ2v) is 11.3. The van der Waals surface area contributed by atoms with Crippen molar-refractivity contribution in [1.82, 2.24) is 19.4 Å². The van der Waals surface area contributed by atoms with Crippen LogP contribution in [-0.4, -0.2) is 57.3 Å². The molecule has 2 aromatic carbocycles. The van der Waals surface area contributed by atoms with Gasteiger partial charge in [-0.2, -0.15) is 0 Å². The number of oxazole rings is 1. The summed E-state index contributed by atoms with van der Waals surface area (Å²) in [5.74, 6) is 1.35. The van der Waals surface area contributed by atoms with Crippen LogP contribution in [0, 0.1) is 6.92 Å². The molecular formula is C31H30N6O4S. The topological polar surface area (TPSA) is 114 Å². The quantitative estimate of drug-likeness (QED) is 0.242. The van der Waals surface area contributed by atoms with Gasteiger partial charge in [0, 0.05) is 51.3 Å². The Morgan fingerprint density at radius 2 is 1.93 bits per heavy atom. The maximum Gasteiger partial charge on any atom is 0.268 e. The summed E-state index contributed by atoms with van der Waals surface area (Å²) >= 11 is 1.31. The number of fused-ring (bicyclic) bond motifs is 1. The van der Waals surface area contributed by atoms with Crippen LogP contribution in [0.4, 0.5) is 11.6 Å². The summed E-state index contributed by atoms with van der Waals surface area (Å²) in [5, 5.41) is 2.99. The summed E-state index contributed by atoms with van der Waals surface area (Å²) in [4.78, 5) is 52.2. The van der Waals surface area contributed by atoms with Gasteiger partial charge in [0.1, 0.15) is 0 Å². The van der Waals surface area contributed by atoms with Gasteiger partial charge in [-0.3, -0.25) is 19.7 Å². The van der Waals surface area contributed by atoms with Crippen LogP contribution in [-0.2, 0) is 11.3 Å². The van der Waals surface area contributed by atoms with Crippen molar-refractivity contribution in [2.45, 2.75) is 32.7 Å². The molecule has 10 nitrogen and oxygen atoms in total. The Balaban J connectivity index is 1.27. The molecule has 0 saturated carbocycles. The smallest absolute Gasteiger partial charge is 0.268 e. The fourth-order valence-corrected chi connectivity index (χ4v) is 5.98. The lowest BCUT2D eigenvalue weighted by atomic mass is 10.2. The number of rotatable bonds is 9. The van der Waals surface area contributed by atoms with Crippen LogP contribution >= 0.6 is 11.3 Å². The van der Waals surface area contributed by atoms with Crippen LogP contribution in [0.5, 0.6) is 0 Å². The second-order valence-electron chi connectivity index (χ2n) is 10.2. The first-order valence-corrected chi connectivity index (χ1v) is 14.6. The maximum atomic E-state index is 13.3. The SMILES string of the molecule is Cc1ncc(-c2ccc(C(=O)Nc3nc4cc(N(C)C(=O)c5ccccc5)ccc4n3CCCN3CCCC3=O)s2)o1. The van der Waals surface area contributed by atoms with E-state index in [0.717, 1.165) is 23.4 Å². The van der Waals surface area contributed by atoms with Crippen LogP contribution in [0.15, 0.2) is 71.3 Å². The number of aryl methyl sites for hydroxylation is 2. The van der Waals surface area contributed by atoms with Gasteiger partial charge in [0.25, 0.3) is 11.8 Å². The summed E-state index contributed by atoms with van der Waals surface area (Å²) in [7, 11) is 1.73. The van der Waals surface area contributed by atoms with Crippen LogP contribution in [0.3, 0.4) is 0 Å². The molecule has 0 radical (unpaired) electrons. The Morgan fingerprint density at radius 1 is 1.10 bits per heavy atom. The Labute approximate surface area is 246 Å². The van der Waals surface area contributed by atoms with Gasteiger partial charge in [-0.05, 0) is 55.3 Å². The Hall–Kier alpha value is -4.77. The molecule has 1 fully saturated rings. The third kappa shape index (κ3) is 5.55. The molecule has 4 heterocycles. The lowest BCUT2D eigenvalue weighted by molar-refractivity contribution is -0.127. The van der Waals surface area contributed by atoms with Crippen molar-refractivity contribution >= 4 is 51.7 Å². The van der Waals surface area contributed by atoms with Gasteiger partial charge in [0.2, 0.25) is 11.9 Å². The highest BCUT2D eigenvalue weighted by Crippen LogP contribution is 2.30. The van der Waals surface area contributed by atoms with Gasteiger partial charge in [0.15, 0.2) is 11.7 Å². The Kier molecular flexibility index (Phi) is 7.58. The maximum absolute atomic E-state index is 13.3. The number of aromatic nitrogens is 3. The van der Waals surface area contributed by atoms with Crippen molar-refractivity contribution < 1.29 is 18.8 Å². The number of carbonyl (C=O) groups excluding carboxylic acids is 3. The normalized spacial score (nSPS) is 13.2. The lowest BCUT2D eigenvalue weighted by Crippen LogP contribution is -2.26. The molecule has 1 saturated heterocycles. The van der Waals surface area contributed by atoms with E-state index in [1.165, 1.54) is 11.3 Å². The highest BCUT2D eigenvalue weighted by Gasteiger charge is 2.22. The molecule has 0 unspecified atom stereocenters. The van der Waals surface area contributed by atoms with Gasteiger partial charge >= 0.3 is 0 Å². The van der Waals surface area contributed by atoms with Gasteiger partial charge < -0.3 is 18.8 Å². The molecule has 42 heavy (non-hydrogen) atoms. The van der Waals surface area contributed by atoms with E-state index < -0.39 is 0 Å². The zero-order valence-corrected chi connectivity index (χ0v) is 24.2. The van der Waals surface area contributed by atoms with Crippen LogP contribution < -0.4 is 10.2 Å². The van der Waals surface area contributed by atoms with Crippen molar-refractivity contribution in [2.75, 3.05) is 30.4 Å². The van der Waals surface area contributed by atoms with Crippen LogP contribution in [0.1, 0.15) is 45.2 Å². The molecule has 0 bridgehead atoms. The number of imidazole rings is 1. The zero-order valence-electron chi connectivity index (χ0n) is 23.4. The number of likely N-dealkylation sites (tertiary alicyclic amines) is 1. The number of anilines is 2. The van der Waals surface area contributed by atoms with E-state index in [4.69, 9.17) is 9.40 Å².